The van der Waals surface area contributed by atoms with Crippen molar-refractivity contribution < 1.29 is 13.2 Å². The van der Waals surface area contributed by atoms with Crippen LogP contribution in [0.5, 0.6) is 0 Å². The molecular weight excluding hydrogens is 326 g/mol. The zero-order chi connectivity index (χ0) is 17.2. The lowest BCUT2D eigenvalue weighted by molar-refractivity contribution is 0.0617. The molecule has 0 aliphatic carbocycles. The number of sulfonamides is 1. The first-order chi connectivity index (χ1) is 11.5. The Balaban J connectivity index is 1.82. The lowest BCUT2D eigenvalue weighted by Crippen LogP contribution is -2.49. The van der Waals surface area contributed by atoms with Gasteiger partial charge < -0.3 is 10.2 Å². The first-order valence-corrected chi connectivity index (χ1v) is 10.5. The number of hydrogen-bond acceptors (Lipinski definition) is 4. The van der Waals surface area contributed by atoms with Crippen LogP contribution in [-0.4, -0.2) is 51.2 Å². The average molecular weight is 351 g/mol. The zero-order valence-corrected chi connectivity index (χ0v) is 14.9. The molecule has 24 heavy (non-hydrogen) atoms. The summed E-state index contributed by atoms with van der Waals surface area (Å²) in [6, 6.07) is 5.75. The van der Waals surface area contributed by atoms with Crippen molar-refractivity contribution in [2.75, 3.05) is 31.2 Å². The van der Waals surface area contributed by atoms with E-state index < -0.39 is 10.0 Å². The summed E-state index contributed by atoms with van der Waals surface area (Å²) in [5, 5.41) is 3.35. The van der Waals surface area contributed by atoms with Gasteiger partial charge in [-0.2, -0.15) is 0 Å². The number of fused-ring (bicyclic) bond motifs is 1. The lowest BCUT2D eigenvalue weighted by atomic mass is 9.95. The van der Waals surface area contributed by atoms with Crippen molar-refractivity contribution in [1.82, 2.24) is 9.62 Å². The number of likely N-dealkylation sites (tertiary alicyclic amines) is 1. The summed E-state index contributed by atoms with van der Waals surface area (Å²) in [7, 11) is -3.25. The van der Waals surface area contributed by atoms with E-state index in [4.69, 9.17) is 0 Å². The molecule has 1 aromatic rings. The molecule has 1 unspecified atom stereocenters. The van der Waals surface area contributed by atoms with Gasteiger partial charge in [-0.15, -0.1) is 0 Å². The maximum Gasteiger partial charge on any atom is 0.254 e. The topological polar surface area (TPSA) is 78.5 Å². The molecule has 2 heterocycles. The van der Waals surface area contributed by atoms with Crippen molar-refractivity contribution in [3.8, 4) is 0 Å². The Morgan fingerprint density at radius 1 is 1.33 bits per heavy atom. The fourth-order valence-electron chi connectivity index (χ4n) is 3.59. The van der Waals surface area contributed by atoms with Gasteiger partial charge in [-0.05, 0) is 49.8 Å². The van der Waals surface area contributed by atoms with Gasteiger partial charge in [0.25, 0.3) is 5.91 Å². The van der Waals surface area contributed by atoms with Crippen molar-refractivity contribution in [3.63, 3.8) is 0 Å². The average Bonchev–Trinajstić information content (AvgIpc) is 2.58. The molecular formula is C17H25N3O3S. The van der Waals surface area contributed by atoms with Crippen LogP contribution in [0.25, 0.3) is 0 Å². The lowest BCUT2D eigenvalue weighted by Gasteiger charge is -2.36. The van der Waals surface area contributed by atoms with Gasteiger partial charge in [-0.3, -0.25) is 4.79 Å². The SMILES string of the molecule is CS(=O)(=O)NCC1CCCCN1C(=O)c1cccc2c1CCCN2. The fraction of sp³-hybridized carbons (Fsp3) is 0.588. The fourth-order valence-corrected chi connectivity index (χ4v) is 4.09. The third kappa shape index (κ3) is 3.89. The molecule has 7 heteroatoms. The molecule has 2 aliphatic heterocycles. The predicted molar refractivity (Wildman–Crippen MR) is 94.8 cm³/mol. The highest BCUT2D eigenvalue weighted by Crippen LogP contribution is 2.28. The van der Waals surface area contributed by atoms with Gasteiger partial charge in [0, 0.05) is 36.9 Å². The number of carbonyl (C=O) groups is 1. The third-order valence-corrected chi connectivity index (χ3v) is 5.49. The number of hydrogen-bond donors (Lipinski definition) is 2. The van der Waals surface area contributed by atoms with E-state index in [-0.39, 0.29) is 18.5 Å². The molecule has 0 saturated carbocycles. The van der Waals surface area contributed by atoms with Gasteiger partial charge in [0.15, 0.2) is 0 Å². The zero-order valence-electron chi connectivity index (χ0n) is 14.0. The molecule has 1 amide bonds. The Kier molecular flexibility index (Phi) is 5.10. The quantitative estimate of drug-likeness (QED) is 0.863. The highest BCUT2D eigenvalue weighted by atomic mass is 32.2. The molecule has 6 nitrogen and oxygen atoms in total. The third-order valence-electron chi connectivity index (χ3n) is 4.79. The van der Waals surface area contributed by atoms with Gasteiger partial charge in [0.1, 0.15) is 0 Å². The van der Waals surface area contributed by atoms with Gasteiger partial charge in [0.05, 0.1) is 6.26 Å². The van der Waals surface area contributed by atoms with Crippen molar-refractivity contribution >= 4 is 21.6 Å². The number of nitrogens with one attached hydrogen (secondary N) is 2. The van der Waals surface area contributed by atoms with Crippen LogP contribution in [0.3, 0.4) is 0 Å². The van der Waals surface area contributed by atoms with Crippen LogP contribution in [-0.2, 0) is 16.4 Å². The molecule has 0 aromatic heterocycles. The maximum absolute atomic E-state index is 13.1. The predicted octanol–water partition coefficient (Wildman–Crippen LogP) is 1.59. The van der Waals surface area contributed by atoms with Gasteiger partial charge in [-0.1, -0.05) is 6.07 Å². The number of nitrogens with zero attached hydrogens (tertiary/aromatic N) is 1. The molecule has 3 rings (SSSR count). The Morgan fingerprint density at radius 3 is 2.96 bits per heavy atom. The van der Waals surface area contributed by atoms with E-state index in [0.29, 0.717) is 6.54 Å². The number of benzene rings is 1. The molecule has 0 spiro atoms. The Hall–Kier alpha value is -1.60. The minimum absolute atomic E-state index is 0.0237. The van der Waals surface area contributed by atoms with Crippen LogP contribution in [0.4, 0.5) is 5.69 Å². The molecule has 1 aromatic carbocycles. The summed E-state index contributed by atoms with van der Waals surface area (Å²) in [6.45, 7) is 1.92. The largest absolute Gasteiger partial charge is 0.385 e. The standard InChI is InChI=1S/C17H25N3O3S/c1-24(22,23)19-12-13-6-2-3-11-20(13)17(21)15-7-4-9-16-14(15)8-5-10-18-16/h4,7,9,13,18-19H,2-3,5-6,8,10-12H2,1H3. The van der Waals surface area contributed by atoms with Crippen molar-refractivity contribution in [2.45, 2.75) is 38.1 Å². The molecule has 132 valence electrons. The van der Waals surface area contributed by atoms with Gasteiger partial charge in [-0.25, -0.2) is 13.1 Å². The molecule has 2 N–H and O–H groups in total. The molecule has 0 bridgehead atoms. The van der Waals surface area contributed by atoms with Crippen LogP contribution in [0.1, 0.15) is 41.6 Å². The minimum Gasteiger partial charge on any atom is -0.385 e. The van der Waals surface area contributed by atoms with E-state index in [2.05, 4.69) is 10.0 Å². The van der Waals surface area contributed by atoms with E-state index >= 15 is 0 Å². The first kappa shape index (κ1) is 17.2. The van der Waals surface area contributed by atoms with E-state index in [1.165, 1.54) is 0 Å². The van der Waals surface area contributed by atoms with Crippen LogP contribution in [0, 0.1) is 0 Å². The van der Waals surface area contributed by atoms with Crippen molar-refractivity contribution in [1.29, 1.82) is 0 Å². The monoisotopic (exact) mass is 351 g/mol. The number of piperidine rings is 1. The van der Waals surface area contributed by atoms with Gasteiger partial charge >= 0.3 is 0 Å². The highest BCUT2D eigenvalue weighted by molar-refractivity contribution is 7.88. The van der Waals surface area contributed by atoms with Crippen LogP contribution >= 0.6 is 0 Å². The highest BCUT2D eigenvalue weighted by Gasteiger charge is 2.30. The molecule has 2 aliphatic rings. The Labute approximate surface area is 143 Å². The molecule has 1 atom stereocenters. The smallest absolute Gasteiger partial charge is 0.254 e. The van der Waals surface area contributed by atoms with Crippen LogP contribution < -0.4 is 10.0 Å². The van der Waals surface area contributed by atoms with Gasteiger partial charge in [0.2, 0.25) is 10.0 Å². The molecule has 1 fully saturated rings. The number of rotatable bonds is 4. The molecule has 0 radical (unpaired) electrons. The second-order valence-corrected chi connectivity index (χ2v) is 8.46. The van der Waals surface area contributed by atoms with Crippen molar-refractivity contribution in [2.24, 2.45) is 0 Å². The van der Waals surface area contributed by atoms with Crippen molar-refractivity contribution in [3.05, 3.63) is 29.3 Å². The number of amides is 1. The number of anilines is 1. The number of carbonyl (C=O) groups excluding carboxylic acids is 1. The molecule has 1 saturated heterocycles. The van der Waals surface area contributed by atoms with Crippen LogP contribution in [0.2, 0.25) is 0 Å². The summed E-state index contributed by atoms with van der Waals surface area (Å²) in [5.74, 6) is 0.0237. The second kappa shape index (κ2) is 7.11. The normalized spacial score (nSPS) is 21.0. The minimum atomic E-state index is -3.25. The van der Waals surface area contributed by atoms with E-state index in [0.717, 1.165) is 61.7 Å². The summed E-state index contributed by atoms with van der Waals surface area (Å²) >= 11 is 0. The van der Waals surface area contributed by atoms with E-state index in [1.54, 1.807) is 0 Å². The van der Waals surface area contributed by atoms with E-state index in [9.17, 15) is 13.2 Å². The summed E-state index contributed by atoms with van der Waals surface area (Å²) in [5.41, 5.74) is 2.90. The summed E-state index contributed by atoms with van der Waals surface area (Å²) < 4.78 is 25.3. The Morgan fingerprint density at radius 2 is 2.17 bits per heavy atom. The summed E-state index contributed by atoms with van der Waals surface area (Å²) in [4.78, 5) is 15.0. The second-order valence-electron chi connectivity index (χ2n) is 6.63. The Bertz CT molecular complexity index is 718. The first-order valence-electron chi connectivity index (χ1n) is 8.57. The maximum atomic E-state index is 13.1. The van der Waals surface area contributed by atoms with E-state index in [1.807, 2.05) is 23.1 Å². The van der Waals surface area contributed by atoms with Crippen LogP contribution in [0.15, 0.2) is 18.2 Å². The summed E-state index contributed by atoms with van der Waals surface area (Å²) in [6.07, 6.45) is 5.91.